The molecule has 4 aromatic rings. The van der Waals surface area contributed by atoms with Crippen LogP contribution in [0.15, 0.2) is 48.9 Å². The SMILES string of the molecule is N#CCOc1ccc(-c2cnc3c(Nc4ccc(C(=O)N5CCN(CCN6CCCC6C(=O)O)CC5)c(Cl)c4)nccn23)c(F)c1F. The number of carbonyl (C=O) groups excluding carboxylic acids is 1. The maximum Gasteiger partial charge on any atom is 0.320 e. The summed E-state index contributed by atoms with van der Waals surface area (Å²) in [6, 6.07) is 8.87. The van der Waals surface area contributed by atoms with Gasteiger partial charge in [-0.25, -0.2) is 14.4 Å². The van der Waals surface area contributed by atoms with Crippen LogP contribution in [0, 0.1) is 23.0 Å². The van der Waals surface area contributed by atoms with Crippen molar-refractivity contribution in [1.29, 1.82) is 5.26 Å². The van der Waals surface area contributed by atoms with Gasteiger partial charge in [0.25, 0.3) is 5.91 Å². The maximum absolute atomic E-state index is 15.0. The molecule has 4 heterocycles. The number of amides is 1. The molecule has 6 rings (SSSR count). The van der Waals surface area contributed by atoms with Crippen molar-refractivity contribution in [2.45, 2.75) is 18.9 Å². The van der Waals surface area contributed by atoms with Crippen LogP contribution < -0.4 is 10.1 Å². The Balaban J connectivity index is 1.10. The van der Waals surface area contributed by atoms with E-state index < -0.39 is 30.3 Å². The average molecular weight is 665 g/mol. The smallest absolute Gasteiger partial charge is 0.320 e. The highest BCUT2D eigenvalue weighted by molar-refractivity contribution is 6.34. The zero-order valence-corrected chi connectivity index (χ0v) is 26.0. The van der Waals surface area contributed by atoms with Crippen molar-refractivity contribution >= 4 is 40.6 Å². The van der Waals surface area contributed by atoms with Crippen molar-refractivity contribution in [3.8, 4) is 23.1 Å². The summed E-state index contributed by atoms with van der Waals surface area (Å²) in [5.74, 6) is -3.33. The van der Waals surface area contributed by atoms with E-state index in [1.165, 1.54) is 24.5 Å². The topological polar surface area (TPSA) is 139 Å². The number of aromatic nitrogens is 3. The van der Waals surface area contributed by atoms with Crippen LogP contribution >= 0.6 is 11.6 Å². The lowest BCUT2D eigenvalue weighted by molar-refractivity contribution is -0.142. The zero-order valence-electron chi connectivity index (χ0n) is 25.2. The number of anilines is 2. The normalized spacial score (nSPS) is 17.1. The number of halogens is 3. The number of carboxylic acids is 1. The van der Waals surface area contributed by atoms with Crippen molar-refractivity contribution in [1.82, 2.24) is 29.1 Å². The van der Waals surface area contributed by atoms with Crippen LogP contribution in [0.5, 0.6) is 5.75 Å². The second-order valence-electron chi connectivity index (χ2n) is 11.3. The highest BCUT2D eigenvalue weighted by atomic mass is 35.5. The number of likely N-dealkylation sites (tertiary alicyclic amines) is 1. The molecular weight excluding hydrogens is 634 g/mol. The minimum Gasteiger partial charge on any atom is -0.480 e. The summed E-state index contributed by atoms with van der Waals surface area (Å²) >= 11 is 6.58. The van der Waals surface area contributed by atoms with E-state index in [0.717, 1.165) is 19.5 Å². The van der Waals surface area contributed by atoms with Crippen LogP contribution in [0.3, 0.4) is 0 Å². The predicted octanol–water partition coefficient (Wildman–Crippen LogP) is 4.28. The Morgan fingerprint density at radius 1 is 1.09 bits per heavy atom. The van der Waals surface area contributed by atoms with E-state index in [0.29, 0.717) is 61.9 Å². The molecule has 2 saturated heterocycles. The summed E-state index contributed by atoms with van der Waals surface area (Å²) in [5.41, 5.74) is 1.46. The van der Waals surface area contributed by atoms with Crippen molar-refractivity contribution in [2.24, 2.45) is 0 Å². The third kappa shape index (κ3) is 6.69. The number of nitrogens with one attached hydrogen (secondary N) is 1. The van der Waals surface area contributed by atoms with Gasteiger partial charge < -0.3 is 20.1 Å². The Hall–Kier alpha value is -4.84. The number of benzene rings is 2. The molecule has 2 N–H and O–H groups in total. The van der Waals surface area contributed by atoms with Gasteiger partial charge in [0, 0.05) is 62.9 Å². The van der Waals surface area contributed by atoms with Gasteiger partial charge in [-0.15, -0.1) is 0 Å². The number of carboxylic acid groups (broad SMARTS) is 1. The molecule has 0 radical (unpaired) electrons. The summed E-state index contributed by atoms with van der Waals surface area (Å²) in [6.45, 7) is 4.26. The van der Waals surface area contributed by atoms with Gasteiger partial charge in [-0.1, -0.05) is 11.6 Å². The molecule has 2 aromatic carbocycles. The number of ether oxygens (including phenoxy) is 1. The number of nitriles is 1. The van der Waals surface area contributed by atoms with Gasteiger partial charge in [-0.05, 0) is 49.7 Å². The van der Waals surface area contributed by atoms with Crippen LogP contribution in [0.1, 0.15) is 23.2 Å². The van der Waals surface area contributed by atoms with E-state index >= 15 is 0 Å². The molecule has 2 fully saturated rings. The molecule has 1 unspecified atom stereocenters. The van der Waals surface area contributed by atoms with E-state index in [2.05, 4.69) is 20.2 Å². The van der Waals surface area contributed by atoms with E-state index in [1.54, 1.807) is 39.8 Å². The summed E-state index contributed by atoms with van der Waals surface area (Å²) < 4.78 is 36.1. The number of aliphatic carboxylic acids is 1. The predicted molar refractivity (Wildman–Crippen MR) is 169 cm³/mol. The van der Waals surface area contributed by atoms with Crippen molar-refractivity contribution in [2.75, 3.05) is 57.7 Å². The third-order valence-corrected chi connectivity index (χ3v) is 8.83. The van der Waals surface area contributed by atoms with Crippen molar-refractivity contribution in [3.63, 3.8) is 0 Å². The van der Waals surface area contributed by atoms with Gasteiger partial charge in [0.05, 0.1) is 22.5 Å². The lowest BCUT2D eigenvalue weighted by Gasteiger charge is -2.36. The van der Waals surface area contributed by atoms with E-state index in [1.807, 2.05) is 4.90 Å². The van der Waals surface area contributed by atoms with Gasteiger partial charge in [0.2, 0.25) is 5.82 Å². The number of rotatable bonds is 10. The molecule has 1 amide bonds. The summed E-state index contributed by atoms with van der Waals surface area (Å²) in [7, 11) is 0. The fourth-order valence-electron chi connectivity index (χ4n) is 6.05. The zero-order chi connectivity index (χ0) is 33.1. The molecule has 12 nitrogen and oxygen atoms in total. The fourth-order valence-corrected chi connectivity index (χ4v) is 6.31. The van der Waals surface area contributed by atoms with Crippen LogP contribution in [-0.4, -0.2) is 105 Å². The Morgan fingerprint density at radius 3 is 2.64 bits per heavy atom. The minimum atomic E-state index is -1.21. The summed E-state index contributed by atoms with van der Waals surface area (Å²) in [6.07, 6.45) is 6.02. The highest BCUT2D eigenvalue weighted by Crippen LogP contribution is 2.32. The first-order valence-corrected chi connectivity index (χ1v) is 15.5. The standard InChI is InChI=1S/C32H31ClF2N8O4/c33-23-18-20(3-4-21(23)31(44)42-15-12-40(13-16-42)11-14-41-9-1-2-24(41)32(45)46)39-29-30-38-19-25(43(30)10-8-37-29)22-5-6-26(47-17-7-36)28(35)27(22)34/h3-6,8,10,18-19,24H,1-2,9,11-17H2,(H,37,39)(H,45,46). The average Bonchev–Trinajstić information content (AvgIpc) is 3.73. The first-order valence-electron chi connectivity index (χ1n) is 15.1. The third-order valence-electron chi connectivity index (χ3n) is 8.52. The largest absolute Gasteiger partial charge is 0.480 e. The van der Waals surface area contributed by atoms with Crippen molar-refractivity contribution < 1.29 is 28.2 Å². The van der Waals surface area contributed by atoms with Gasteiger partial charge in [0.1, 0.15) is 12.1 Å². The molecule has 15 heteroatoms. The summed E-state index contributed by atoms with van der Waals surface area (Å²) in [5, 5.41) is 21.5. The number of imidazole rings is 1. The van der Waals surface area contributed by atoms with Crippen LogP contribution in [0.4, 0.5) is 20.3 Å². The molecule has 244 valence electrons. The quantitative estimate of drug-likeness (QED) is 0.253. The molecule has 2 aromatic heterocycles. The monoisotopic (exact) mass is 664 g/mol. The molecule has 0 aliphatic carbocycles. The number of nitrogens with zero attached hydrogens (tertiary/aromatic N) is 7. The molecule has 47 heavy (non-hydrogen) atoms. The number of hydrogen-bond acceptors (Lipinski definition) is 9. The van der Waals surface area contributed by atoms with Crippen LogP contribution in [0.25, 0.3) is 16.9 Å². The summed E-state index contributed by atoms with van der Waals surface area (Å²) in [4.78, 5) is 39.5. The maximum atomic E-state index is 15.0. The Kier molecular flexibility index (Phi) is 9.48. The second kappa shape index (κ2) is 13.9. The second-order valence-corrected chi connectivity index (χ2v) is 11.7. The Labute approximate surface area is 273 Å². The minimum absolute atomic E-state index is 0.0541. The number of piperazine rings is 1. The fraction of sp³-hybridized carbons (Fsp3) is 0.344. The lowest BCUT2D eigenvalue weighted by Crippen LogP contribution is -2.51. The Bertz CT molecular complexity index is 1860. The van der Waals surface area contributed by atoms with Gasteiger partial charge in [0.15, 0.2) is 29.6 Å². The Morgan fingerprint density at radius 2 is 1.89 bits per heavy atom. The van der Waals surface area contributed by atoms with E-state index in [4.69, 9.17) is 21.6 Å². The lowest BCUT2D eigenvalue weighted by atomic mass is 10.1. The number of hydrogen-bond donors (Lipinski definition) is 2. The molecule has 0 saturated carbocycles. The van der Waals surface area contributed by atoms with Crippen LogP contribution in [0.2, 0.25) is 5.02 Å². The highest BCUT2D eigenvalue weighted by Gasteiger charge is 2.31. The first-order chi connectivity index (χ1) is 22.7. The molecule has 2 aliphatic heterocycles. The molecule has 0 spiro atoms. The van der Waals surface area contributed by atoms with Gasteiger partial charge in [-0.3, -0.25) is 23.8 Å². The van der Waals surface area contributed by atoms with Gasteiger partial charge in [-0.2, -0.15) is 9.65 Å². The van der Waals surface area contributed by atoms with Crippen LogP contribution in [-0.2, 0) is 4.79 Å². The van der Waals surface area contributed by atoms with Gasteiger partial charge >= 0.3 is 5.97 Å². The molecule has 2 aliphatic rings. The van der Waals surface area contributed by atoms with Crippen molar-refractivity contribution in [3.05, 3.63) is 71.1 Å². The van der Waals surface area contributed by atoms with E-state index in [9.17, 15) is 23.5 Å². The number of fused-ring (bicyclic) bond motifs is 1. The first kappa shape index (κ1) is 32.1. The molecule has 1 atom stereocenters. The number of carbonyl (C=O) groups is 2. The molecular formula is C32H31ClF2N8O4. The molecule has 0 bridgehead atoms. The van der Waals surface area contributed by atoms with E-state index in [-0.39, 0.29) is 27.9 Å².